The topological polar surface area (TPSA) is 105 Å². The summed E-state index contributed by atoms with van der Waals surface area (Å²) in [6.45, 7) is 4.26. The van der Waals surface area contributed by atoms with Crippen LogP contribution in [0, 0.1) is 19.8 Å². The van der Waals surface area contributed by atoms with Crippen molar-refractivity contribution < 1.29 is 22.7 Å². The van der Waals surface area contributed by atoms with Crippen LogP contribution in [0.2, 0.25) is 10.0 Å². The van der Waals surface area contributed by atoms with Crippen LogP contribution in [0.15, 0.2) is 30.3 Å². The number of carbonyl (C=O) groups excluding carboxylic acids is 2. The number of ketones is 1. The fourth-order valence-corrected chi connectivity index (χ4v) is 6.72. The highest BCUT2D eigenvalue weighted by atomic mass is 35.5. The van der Waals surface area contributed by atoms with Crippen molar-refractivity contribution in [2.75, 3.05) is 24.7 Å². The normalized spacial score (nSPS) is 14.4. The Bertz CT molecular complexity index is 1470. The highest BCUT2D eigenvalue weighted by Gasteiger charge is 2.25. The number of aromatic nitrogens is 1. The summed E-state index contributed by atoms with van der Waals surface area (Å²) in [5.74, 6) is -0.849. The van der Waals surface area contributed by atoms with Crippen LogP contribution in [0.1, 0.15) is 65.7 Å². The Hall–Kier alpha value is -2.55. The van der Waals surface area contributed by atoms with E-state index in [-0.39, 0.29) is 29.8 Å². The van der Waals surface area contributed by atoms with Gasteiger partial charge in [0.2, 0.25) is 5.91 Å². The van der Waals surface area contributed by atoms with Gasteiger partial charge >= 0.3 is 0 Å². The van der Waals surface area contributed by atoms with Gasteiger partial charge in [-0.1, -0.05) is 48.5 Å². The average Bonchev–Trinajstić information content (AvgIpc) is 3.27. The molecule has 4 rings (SSSR count). The molecule has 1 amide bonds. The van der Waals surface area contributed by atoms with Gasteiger partial charge in [-0.3, -0.25) is 9.59 Å². The molecular weight excluding hydrogens is 571 g/mol. The van der Waals surface area contributed by atoms with Gasteiger partial charge in [0, 0.05) is 33.4 Å². The fourth-order valence-electron chi connectivity index (χ4n) is 5.34. The van der Waals surface area contributed by atoms with E-state index in [0.717, 1.165) is 65.0 Å². The molecule has 40 heavy (non-hydrogen) atoms. The third-order valence-corrected chi connectivity index (χ3v) is 9.80. The first kappa shape index (κ1) is 30.4. The second-order valence-electron chi connectivity index (χ2n) is 10.6. The third kappa shape index (κ3) is 7.80. The van der Waals surface area contributed by atoms with Crippen LogP contribution in [-0.2, 0) is 21.1 Å². The summed E-state index contributed by atoms with van der Waals surface area (Å²) in [7, 11) is -3.74. The Kier molecular flexibility index (Phi) is 10.2. The molecular formula is C30H36Cl2N2O5S. The lowest BCUT2D eigenvalue weighted by Gasteiger charge is -2.20. The van der Waals surface area contributed by atoms with Crippen molar-refractivity contribution in [1.82, 2.24) is 10.3 Å². The zero-order valence-electron chi connectivity index (χ0n) is 22.9. The number of Topliss-reactive ketones (excluding diaryl/α,β-unsaturated/α-hetero) is 1. The summed E-state index contributed by atoms with van der Waals surface area (Å²) in [6, 6.07) is 9.09. The van der Waals surface area contributed by atoms with Gasteiger partial charge in [-0.15, -0.1) is 0 Å². The number of hydrogen-bond acceptors (Lipinski definition) is 5. The molecule has 1 heterocycles. The smallest absolute Gasteiger partial charge is 0.223 e. The number of sulfone groups is 1. The molecule has 0 bridgehead atoms. The monoisotopic (exact) mass is 606 g/mol. The number of rotatable bonds is 12. The molecule has 10 heteroatoms. The van der Waals surface area contributed by atoms with Gasteiger partial charge < -0.3 is 15.0 Å². The zero-order chi connectivity index (χ0) is 28.9. The van der Waals surface area contributed by atoms with E-state index in [2.05, 4.69) is 10.3 Å². The average molecular weight is 608 g/mol. The van der Waals surface area contributed by atoms with Gasteiger partial charge in [-0.2, -0.15) is 0 Å². The number of hydrogen-bond donors (Lipinski definition) is 2. The van der Waals surface area contributed by atoms with Crippen molar-refractivity contribution in [2.45, 2.75) is 58.8 Å². The molecule has 1 aliphatic carbocycles. The predicted octanol–water partition coefficient (Wildman–Crippen LogP) is 6.40. The molecule has 3 aromatic rings. The molecule has 0 unspecified atom stereocenters. The first-order valence-electron chi connectivity index (χ1n) is 13.7. The minimum absolute atomic E-state index is 0.00109. The number of nitrogens with one attached hydrogen (secondary N) is 2. The van der Waals surface area contributed by atoms with Crippen LogP contribution in [0.5, 0.6) is 5.75 Å². The van der Waals surface area contributed by atoms with Crippen molar-refractivity contribution in [1.29, 1.82) is 0 Å². The van der Waals surface area contributed by atoms with Gasteiger partial charge in [0.15, 0.2) is 15.6 Å². The van der Waals surface area contributed by atoms with Crippen molar-refractivity contribution in [3.8, 4) is 5.75 Å². The summed E-state index contributed by atoms with van der Waals surface area (Å²) < 4.78 is 31.6. The lowest BCUT2D eigenvalue weighted by Crippen LogP contribution is -2.36. The second-order valence-corrected chi connectivity index (χ2v) is 13.6. The molecule has 1 saturated carbocycles. The first-order valence-corrected chi connectivity index (χ1v) is 16.3. The van der Waals surface area contributed by atoms with Crippen LogP contribution in [0.25, 0.3) is 10.9 Å². The van der Waals surface area contributed by atoms with Gasteiger partial charge in [-0.05, 0) is 80.5 Å². The number of halogens is 2. The van der Waals surface area contributed by atoms with Gasteiger partial charge in [-0.25, -0.2) is 8.42 Å². The molecule has 1 fully saturated rings. The summed E-state index contributed by atoms with van der Waals surface area (Å²) in [5, 5.41) is 4.80. The van der Waals surface area contributed by atoms with E-state index in [0.29, 0.717) is 30.0 Å². The second kappa shape index (κ2) is 13.4. The number of H-pyrrole nitrogens is 1. The van der Waals surface area contributed by atoms with E-state index in [4.69, 9.17) is 27.9 Å². The van der Waals surface area contributed by atoms with Gasteiger partial charge in [0.05, 0.1) is 18.1 Å². The molecule has 7 nitrogen and oxygen atoms in total. The maximum Gasteiger partial charge on any atom is 0.223 e. The van der Waals surface area contributed by atoms with E-state index < -0.39 is 21.4 Å². The highest BCUT2D eigenvalue weighted by molar-refractivity contribution is 7.92. The first-order chi connectivity index (χ1) is 19.0. The van der Waals surface area contributed by atoms with Crippen molar-refractivity contribution >= 4 is 55.6 Å². The zero-order valence-corrected chi connectivity index (χ0v) is 25.3. The predicted molar refractivity (Wildman–Crippen MR) is 161 cm³/mol. The molecule has 0 atom stereocenters. The minimum Gasteiger partial charge on any atom is -0.494 e. The Morgan fingerprint density at radius 2 is 1.75 bits per heavy atom. The summed E-state index contributed by atoms with van der Waals surface area (Å²) in [6.07, 6.45) is 5.98. The number of aryl methyl sites for hydroxylation is 3. The fraction of sp³-hybridized carbons (Fsp3) is 0.467. The third-order valence-electron chi connectivity index (χ3n) is 7.44. The van der Waals surface area contributed by atoms with Crippen molar-refractivity contribution in [2.24, 2.45) is 5.92 Å². The number of aromatic amines is 1. The number of amides is 1. The van der Waals surface area contributed by atoms with E-state index in [9.17, 15) is 18.0 Å². The Morgan fingerprint density at radius 1 is 1.05 bits per heavy atom. The number of benzene rings is 2. The van der Waals surface area contributed by atoms with E-state index >= 15 is 0 Å². The van der Waals surface area contributed by atoms with Gasteiger partial charge in [0.1, 0.15) is 11.5 Å². The van der Waals surface area contributed by atoms with E-state index in [1.165, 1.54) is 0 Å². The molecule has 2 N–H and O–H groups in total. The Morgan fingerprint density at radius 3 is 2.45 bits per heavy atom. The molecule has 0 radical (unpaired) electrons. The Balaban J connectivity index is 1.40. The minimum atomic E-state index is -3.74. The lowest BCUT2D eigenvalue weighted by molar-refractivity contribution is -0.125. The number of carbonyl (C=O) groups is 2. The summed E-state index contributed by atoms with van der Waals surface area (Å²) >= 11 is 12.4. The van der Waals surface area contributed by atoms with Gasteiger partial charge in [0.25, 0.3) is 0 Å². The summed E-state index contributed by atoms with van der Waals surface area (Å²) in [4.78, 5) is 28.7. The summed E-state index contributed by atoms with van der Waals surface area (Å²) in [5.41, 5.74) is 3.56. The van der Waals surface area contributed by atoms with Crippen LogP contribution >= 0.6 is 23.2 Å². The quantitative estimate of drug-likeness (QED) is 0.183. The highest BCUT2D eigenvalue weighted by Crippen LogP contribution is 2.29. The van der Waals surface area contributed by atoms with Crippen LogP contribution in [0.3, 0.4) is 0 Å². The maximum absolute atomic E-state index is 13.3. The molecule has 1 aromatic heterocycles. The van der Waals surface area contributed by atoms with Crippen LogP contribution < -0.4 is 10.1 Å². The standard InChI is InChI=1S/C30H36Cl2N2O5S/c1-19-15-23(16-20(2)28(19)32)39-13-6-9-25-24-11-10-22(31)17-26(24)34-29(25)27(35)18-40(37,38)14-12-33-30(36)21-7-4-3-5-8-21/h10-11,15-17,21,34H,3-9,12-14,18H2,1-2H3,(H,33,36). The van der Waals surface area contributed by atoms with Crippen molar-refractivity contribution in [3.05, 3.63) is 62.8 Å². The maximum atomic E-state index is 13.3. The van der Waals surface area contributed by atoms with Crippen LogP contribution in [0.4, 0.5) is 0 Å². The molecule has 2 aromatic carbocycles. The Labute approximate surface area is 245 Å². The molecule has 0 aliphatic heterocycles. The lowest BCUT2D eigenvalue weighted by atomic mass is 9.89. The molecule has 0 saturated heterocycles. The molecule has 216 valence electrons. The number of ether oxygens (including phenoxy) is 1. The van der Waals surface area contributed by atoms with E-state index in [1.807, 2.05) is 32.0 Å². The van der Waals surface area contributed by atoms with Crippen molar-refractivity contribution in [3.63, 3.8) is 0 Å². The van der Waals surface area contributed by atoms with E-state index in [1.54, 1.807) is 12.1 Å². The largest absolute Gasteiger partial charge is 0.494 e. The van der Waals surface area contributed by atoms with Crippen LogP contribution in [-0.4, -0.2) is 49.7 Å². The SMILES string of the molecule is Cc1cc(OCCCc2c(C(=O)CS(=O)(=O)CCNC(=O)C3CCCCC3)[nH]c3cc(Cl)ccc23)cc(C)c1Cl. The molecule has 1 aliphatic rings. The molecule has 0 spiro atoms. The number of fused-ring (bicyclic) bond motifs is 1.